The number of nitrogens with zero attached hydrogens (tertiary/aromatic N) is 1. The first kappa shape index (κ1) is 25.3. The molecule has 0 saturated heterocycles. The maximum Gasteiger partial charge on any atom is 0.262 e. The average molecular weight is 498 g/mol. The lowest BCUT2D eigenvalue weighted by molar-refractivity contribution is -0.123. The van der Waals surface area contributed by atoms with Crippen LogP contribution < -0.4 is 15.5 Å². The highest BCUT2D eigenvalue weighted by molar-refractivity contribution is 6.31. The fourth-order valence-electron chi connectivity index (χ4n) is 3.03. The summed E-state index contributed by atoms with van der Waals surface area (Å²) in [6, 6.07) is 20.5. The molecule has 0 spiro atoms. The zero-order valence-electron chi connectivity index (χ0n) is 18.8. The standard InChI is InChI=1S/C26H25Cl2N3O3/c1-17(2)24(30-25(32)19-9-11-21(27)12-10-19)26(33)31-29-15-18-7-13-22(14-8-18)34-16-20-5-3-4-6-23(20)28/h3-15,17,24H,16H2,1-2H3,(H,30,32)(H,31,33)/b29-15+. The average Bonchev–Trinajstić information content (AvgIpc) is 2.83. The number of carbonyl (C=O) groups is 2. The van der Waals surface area contributed by atoms with Gasteiger partial charge in [0.25, 0.3) is 11.8 Å². The second kappa shape index (κ2) is 12.2. The summed E-state index contributed by atoms with van der Waals surface area (Å²) < 4.78 is 5.76. The molecule has 6 nitrogen and oxygen atoms in total. The summed E-state index contributed by atoms with van der Waals surface area (Å²) >= 11 is 12.0. The Kier molecular flexibility index (Phi) is 9.08. The Labute approximate surface area is 208 Å². The molecule has 2 N–H and O–H groups in total. The van der Waals surface area contributed by atoms with Gasteiger partial charge in [0.15, 0.2) is 0 Å². The molecule has 0 heterocycles. The van der Waals surface area contributed by atoms with Gasteiger partial charge >= 0.3 is 0 Å². The predicted molar refractivity (Wildman–Crippen MR) is 136 cm³/mol. The number of nitrogens with one attached hydrogen (secondary N) is 2. The number of rotatable bonds is 9. The molecule has 2 amide bonds. The molecule has 3 rings (SSSR count). The lowest BCUT2D eigenvalue weighted by Crippen LogP contribution is -2.48. The summed E-state index contributed by atoms with van der Waals surface area (Å²) in [5.74, 6) is -0.220. The van der Waals surface area contributed by atoms with E-state index in [2.05, 4.69) is 15.8 Å². The SMILES string of the molecule is CC(C)C(NC(=O)c1ccc(Cl)cc1)C(=O)N/N=C/c1ccc(OCc2ccccc2Cl)cc1. The molecule has 0 aliphatic rings. The van der Waals surface area contributed by atoms with Gasteiger partial charge < -0.3 is 10.1 Å². The third-order valence-electron chi connectivity index (χ3n) is 4.96. The van der Waals surface area contributed by atoms with Crippen LogP contribution in [0.2, 0.25) is 10.0 Å². The largest absolute Gasteiger partial charge is 0.489 e. The Morgan fingerprint density at radius 2 is 1.65 bits per heavy atom. The number of amides is 2. The highest BCUT2D eigenvalue weighted by Crippen LogP contribution is 2.18. The highest BCUT2D eigenvalue weighted by Gasteiger charge is 2.24. The minimum atomic E-state index is -0.749. The number of hydrogen-bond donors (Lipinski definition) is 2. The molecule has 0 bridgehead atoms. The van der Waals surface area contributed by atoms with Crippen molar-refractivity contribution >= 4 is 41.2 Å². The quantitative estimate of drug-likeness (QED) is 0.303. The second-order valence-electron chi connectivity index (χ2n) is 7.89. The Balaban J connectivity index is 1.53. The van der Waals surface area contributed by atoms with Crippen molar-refractivity contribution in [2.24, 2.45) is 11.0 Å². The van der Waals surface area contributed by atoms with E-state index < -0.39 is 11.9 Å². The zero-order valence-corrected chi connectivity index (χ0v) is 20.3. The third kappa shape index (κ3) is 7.33. The third-order valence-corrected chi connectivity index (χ3v) is 5.58. The van der Waals surface area contributed by atoms with Gasteiger partial charge in [-0.05, 0) is 66.1 Å². The van der Waals surface area contributed by atoms with E-state index in [9.17, 15) is 9.59 Å². The van der Waals surface area contributed by atoms with E-state index >= 15 is 0 Å². The van der Waals surface area contributed by atoms with Crippen LogP contribution in [-0.2, 0) is 11.4 Å². The van der Waals surface area contributed by atoms with Crippen molar-refractivity contribution in [1.82, 2.24) is 10.7 Å². The van der Waals surface area contributed by atoms with Gasteiger partial charge in [0.05, 0.1) is 6.21 Å². The monoisotopic (exact) mass is 497 g/mol. The van der Waals surface area contributed by atoms with Crippen LogP contribution in [0.25, 0.3) is 0 Å². The lowest BCUT2D eigenvalue weighted by atomic mass is 10.0. The minimum absolute atomic E-state index is 0.138. The number of ether oxygens (including phenoxy) is 1. The van der Waals surface area contributed by atoms with E-state index in [1.54, 1.807) is 24.3 Å². The molecule has 0 fully saturated rings. The van der Waals surface area contributed by atoms with E-state index in [1.807, 2.05) is 62.4 Å². The van der Waals surface area contributed by atoms with Gasteiger partial charge in [0.1, 0.15) is 18.4 Å². The summed E-state index contributed by atoms with van der Waals surface area (Å²) in [7, 11) is 0. The molecule has 0 aromatic heterocycles. The Bertz CT molecular complexity index is 1150. The highest BCUT2D eigenvalue weighted by atomic mass is 35.5. The first-order valence-electron chi connectivity index (χ1n) is 10.7. The van der Waals surface area contributed by atoms with Crippen LogP contribution in [-0.4, -0.2) is 24.1 Å². The minimum Gasteiger partial charge on any atom is -0.489 e. The van der Waals surface area contributed by atoms with Crippen molar-refractivity contribution in [3.63, 3.8) is 0 Å². The number of halogens is 2. The summed E-state index contributed by atoms with van der Waals surface area (Å²) in [6.07, 6.45) is 1.52. The molecule has 3 aromatic carbocycles. The van der Waals surface area contributed by atoms with Crippen molar-refractivity contribution in [2.45, 2.75) is 26.5 Å². The molecule has 176 valence electrons. The Morgan fingerprint density at radius 3 is 2.29 bits per heavy atom. The van der Waals surface area contributed by atoms with Crippen LogP contribution in [0.5, 0.6) is 5.75 Å². The Hall–Kier alpha value is -3.35. The molecular weight excluding hydrogens is 473 g/mol. The van der Waals surface area contributed by atoms with E-state index in [0.29, 0.717) is 28.0 Å². The second-order valence-corrected chi connectivity index (χ2v) is 8.73. The van der Waals surface area contributed by atoms with Crippen LogP contribution in [0.15, 0.2) is 77.9 Å². The van der Waals surface area contributed by atoms with E-state index in [4.69, 9.17) is 27.9 Å². The van der Waals surface area contributed by atoms with Crippen LogP contribution >= 0.6 is 23.2 Å². The molecule has 34 heavy (non-hydrogen) atoms. The Morgan fingerprint density at radius 1 is 0.971 bits per heavy atom. The summed E-state index contributed by atoms with van der Waals surface area (Å²) in [5.41, 5.74) is 4.59. The predicted octanol–water partition coefficient (Wildman–Crippen LogP) is 5.48. The van der Waals surface area contributed by atoms with Gasteiger partial charge in [-0.2, -0.15) is 5.10 Å². The van der Waals surface area contributed by atoms with Crippen LogP contribution in [0, 0.1) is 5.92 Å². The molecule has 0 aliphatic carbocycles. The van der Waals surface area contributed by atoms with Gasteiger partial charge in [-0.3, -0.25) is 9.59 Å². The van der Waals surface area contributed by atoms with Crippen molar-refractivity contribution < 1.29 is 14.3 Å². The van der Waals surface area contributed by atoms with Crippen molar-refractivity contribution in [1.29, 1.82) is 0 Å². The molecular formula is C26H25Cl2N3O3. The molecule has 8 heteroatoms. The molecule has 0 saturated carbocycles. The van der Waals surface area contributed by atoms with Crippen LogP contribution in [0.3, 0.4) is 0 Å². The number of hydrazone groups is 1. The van der Waals surface area contributed by atoms with Gasteiger partial charge in [0.2, 0.25) is 0 Å². The smallest absolute Gasteiger partial charge is 0.262 e. The maximum absolute atomic E-state index is 12.6. The number of hydrogen-bond acceptors (Lipinski definition) is 4. The van der Waals surface area contributed by atoms with Crippen molar-refractivity contribution in [3.8, 4) is 5.75 Å². The normalized spacial score (nSPS) is 11.9. The van der Waals surface area contributed by atoms with E-state index in [1.165, 1.54) is 6.21 Å². The van der Waals surface area contributed by atoms with Gasteiger partial charge in [-0.1, -0.05) is 55.2 Å². The summed E-state index contributed by atoms with van der Waals surface area (Å²) in [4.78, 5) is 25.1. The van der Waals surface area contributed by atoms with Crippen molar-refractivity contribution in [3.05, 3.63) is 99.5 Å². The van der Waals surface area contributed by atoms with E-state index in [0.717, 1.165) is 11.1 Å². The molecule has 3 aromatic rings. The first-order chi connectivity index (χ1) is 16.3. The van der Waals surface area contributed by atoms with Gasteiger partial charge in [0, 0.05) is 21.2 Å². The number of benzene rings is 3. The topological polar surface area (TPSA) is 79.8 Å². The summed E-state index contributed by atoms with van der Waals surface area (Å²) in [6.45, 7) is 4.05. The fraction of sp³-hybridized carbons (Fsp3) is 0.192. The molecule has 1 atom stereocenters. The van der Waals surface area contributed by atoms with E-state index in [-0.39, 0.29) is 11.8 Å². The van der Waals surface area contributed by atoms with Crippen LogP contribution in [0.1, 0.15) is 35.3 Å². The van der Waals surface area contributed by atoms with Crippen LogP contribution in [0.4, 0.5) is 0 Å². The van der Waals surface area contributed by atoms with Gasteiger partial charge in [-0.25, -0.2) is 5.43 Å². The molecule has 0 aliphatic heterocycles. The van der Waals surface area contributed by atoms with Gasteiger partial charge in [-0.15, -0.1) is 0 Å². The first-order valence-corrected chi connectivity index (χ1v) is 11.4. The zero-order chi connectivity index (χ0) is 24.5. The summed E-state index contributed by atoms with van der Waals surface area (Å²) in [5, 5.41) is 7.96. The van der Waals surface area contributed by atoms with Crippen molar-refractivity contribution in [2.75, 3.05) is 0 Å². The fourth-order valence-corrected chi connectivity index (χ4v) is 3.34. The lowest BCUT2D eigenvalue weighted by Gasteiger charge is -2.20. The number of carbonyl (C=O) groups excluding carboxylic acids is 2. The molecule has 1 unspecified atom stereocenters. The maximum atomic E-state index is 12.6. The molecule has 0 radical (unpaired) electrons.